The summed E-state index contributed by atoms with van der Waals surface area (Å²) in [6, 6.07) is 0. The average Bonchev–Trinajstić information content (AvgIpc) is 2.22. The molecule has 0 aliphatic heterocycles. The second kappa shape index (κ2) is 10.6. The third-order valence-corrected chi connectivity index (χ3v) is 1.97. The zero-order valence-corrected chi connectivity index (χ0v) is 9.68. The van der Waals surface area contributed by atoms with Crippen molar-refractivity contribution in [1.29, 1.82) is 0 Å². The van der Waals surface area contributed by atoms with Gasteiger partial charge in [0.05, 0.1) is 19.1 Å². The van der Waals surface area contributed by atoms with Crippen molar-refractivity contribution in [2.75, 3.05) is 19.8 Å². The van der Waals surface area contributed by atoms with Crippen molar-refractivity contribution in [1.82, 2.24) is 0 Å². The average molecular weight is 232 g/mol. The van der Waals surface area contributed by atoms with Crippen LogP contribution < -0.4 is 0 Å². The van der Waals surface area contributed by atoms with Gasteiger partial charge in [0.1, 0.15) is 6.29 Å². The molecule has 0 aromatic carbocycles. The first-order chi connectivity index (χ1) is 7.70. The number of carbonyl (C=O) groups excluding carboxylic acids is 1. The minimum Gasteiger partial charge on any atom is -0.481 e. The number of carbonyl (C=O) groups is 2. The number of rotatable bonds is 11. The molecular weight excluding hydrogens is 212 g/mol. The van der Waals surface area contributed by atoms with Gasteiger partial charge >= 0.3 is 5.97 Å². The van der Waals surface area contributed by atoms with Gasteiger partial charge in [-0.1, -0.05) is 0 Å². The molecule has 0 fully saturated rings. The normalized spacial score (nSPS) is 12.3. The highest BCUT2D eigenvalue weighted by atomic mass is 16.5. The summed E-state index contributed by atoms with van der Waals surface area (Å²) in [4.78, 5) is 20.5. The number of ether oxygens (including phenoxy) is 2. The van der Waals surface area contributed by atoms with Crippen LogP contribution in [-0.2, 0) is 19.1 Å². The minimum absolute atomic E-state index is 0.0395. The van der Waals surface area contributed by atoms with Crippen LogP contribution in [0.3, 0.4) is 0 Å². The second-order valence-electron chi connectivity index (χ2n) is 3.41. The summed E-state index contributed by atoms with van der Waals surface area (Å²) in [6.45, 7) is 3.13. The summed E-state index contributed by atoms with van der Waals surface area (Å²) < 4.78 is 10.5. The first kappa shape index (κ1) is 15.1. The molecule has 0 aromatic rings. The van der Waals surface area contributed by atoms with Crippen LogP contribution in [0.25, 0.3) is 0 Å². The molecule has 0 saturated carbocycles. The molecule has 0 amide bonds. The fraction of sp³-hybridized carbons (Fsp3) is 0.818. The lowest BCUT2D eigenvalue weighted by atomic mass is 10.2. The van der Waals surface area contributed by atoms with Gasteiger partial charge in [-0.2, -0.15) is 0 Å². The third kappa shape index (κ3) is 9.61. The first-order valence-corrected chi connectivity index (χ1v) is 5.55. The highest BCUT2D eigenvalue weighted by Gasteiger charge is 2.12. The molecule has 16 heavy (non-hydrogen) atoms. The summed E-state index contributed by atoms with van der Waals surface area (Å²) in [5.74, 6) is -0.886. The molecule has 5 nitrogen and oxygen atoms in total. The SMILES string of the molecule is CCOC(COCCCCC=O)CC(=O)O. The standard InChI is InChI=1S/C11H20O5/c1-2-16-10(8-11(13)14)9-15-7-5-3-4-6-12/h6,10H,2-5,7-9H2,1H3,(H,13,14). The van der Waals surface area contributed by atoms with Crippen LogP contribution in [0.15, 0.2) is 0 Å². The summed E-state index contributed by atoms with van der Waals surface area (Å²) in [6.07, 6.45) is 2.63. The van der Waals surface area contributed by atoms with Crippen LogP contribution in [-0.4, -0.2) is 43.3 Å². The van der Waals surface area contributed by atoms with Crippen molar-refractivity contribution in [3.05, 3.63) is 0 Å². The fourth-order valence-corrected chi connectivity index (χ4v) is 1.24. The lowest BCUT2D eigenvalue weighted by Crippen LogP contribution is -2.23. The van der Waals surface area contributed by atoms with Crippen LogP contribution in [0.2, 0.25) is 0 Å². The van der Waals surface area contributed by atoms with E-state index in [-0.39, 0.29) is 12.5 Å². The Labute approximate surface area is 95.7 Å². The zero-order valence-electron chi connectivity index (χ0n) is 9.68. The summed E-state index contributed by atoms with van der Waals surface area (Å²) in [5, 5.41) is 8.61. The molecule has 1 N–H and O–H groups in total. The number of carboxylic acids is 1. The lowest BCUT2D eigenvalue weighted by molar-refractivity contribution is -0.141. The fourth-order valence-electron chi connectivity index (χ4n) is 1.24. The van der Waals surface area contributed by atoms with Gasteiger partial charge in [-0.3, -0.25) is 4.79 Å². The van der Waals surface area contributed by atoms with Crippen molar-refractivity contribution in [3.8, 4) is 0 Å². The Kier molecular flexibility index (Phi) is 9.95. The van der Waals surface area contributed by atoms with E-state index in [1.54, 1.807) is 0 Å². The molecule has 0 aliphatic carbocycles. The smallest absolute Gasteiger partial charge is 0.306 e. The maximum atomic E-state index is 10.5. The van der Waals surface area contributed by atoms with E-state index >= 15 is 0 Å². The highest BCUT2D eigenvalue weighted by molar-refractivity contribution is 5.67. The van der Waals surface area contributed by atoms with E-state index in [4.69, 9.17) is 14.6 Å². The largest absolute Gasteiger partial charge is 0.481 e. The maximum Gasteiger partial charge on any atom is 0.306 e. The molecule has 0 spiro atoms. The highest BCUT2D eigenvalue weighted by Crippen LogP contribution is 2.01. The number of aldehydes is 1. The van der Waals surface area contributed by atoms with Gasteiger partial charge in [-0.25, -0.2) is 0 Å². The van der Waals surface area contributed by atoms with Gasteiger partial charge < -0.3 is 19.4 Å². The topological polar surface area (TPSA) is 72.8 Å². The predicted molar refractivity (Wildman–Crippen MR) is 58.4 cm³/mol. The molecule has 1 atom stereocenters. The summed E-state index contributed by atoms with van der Waals surface area (Å²) in [7, 11) is 0. The Morgan fingerprint density at radius 2 is 2.19 bits per heavy atom. The van der Waals surface area contributed by atoms with E-state index in [1.165, 1.54) is 0 Å². The summed E-state index contributed by atoms with van der Waals surface area (Å²) >= 11 is 0. The Hall–Kier alpha value is -0.940. The molecule has 0 saturated heterocycles. The molecule has 5 heteroatoms. The van der Waals surface area contributed by atoms with Crippen molar-refractivity contribution in [2.24, 2.45) is 0 Å². The Morgan fingerprint density at radius 1 is 1.44 bits per heavy atom. The van der Waals surface area contributed by atoms with Gasteiger partial charge in [-0.15, -0.1) is 0 Å². The third-order valence-electron chi connectivity index (χ3n) is 1.97. The zero-order chi connectivity index (χ0) is 12.2. The molecule has 0 bridgehead atoms. The van der Waals surface area contributed by atoms with Crippen LogP contribution >= 0.6 is 0 Å². The quantitative estimate of drug-likeness (QED) is 0.429. The second-order valence-corrected chi connectivity index (χ2v) is 3.41. The van der Waals surface area contributed by atoms with Crippen LogP contribution in [0, 0.1) is 0 Å². The van der Waals surface area contributed by atoms with Crippen LogP contribution in [0.1, 0.15) is 32.6 Å². The van der Waals surface area contributed by atoms with Gasteiger partial charge in [0.25, 0.3) is 0 Å². The Bertz CT molecular complexity index is 193. The van der Waals surface area contributed by atoms with Gasteiger partial charge in [0.15, 0.2) is 0 Å². The van der Waals surface area contributed by atoms with Crippen LogP contribution in [0.4, 0.5) is 0 Å². The minimum atomic E-state index is -0.886. The number of aliphatic carboxylic acids is 1. The maximum absolute atomic E-state index is 10.5. The molecule has 0 heterocycles. The predicted octanol–water partition coefficient (Wildman–Crippen LogP) is 1.25. The molecule has 0 aliphatic rings. The van der Waals surface area contributed by atoms with Crippen LogP contribution in [0.5, 0.6) is 0 Å². The Balaban J connectivity index is 3.51. The number of hydrogen-bond acceptors (Lipinski definition) is 4. The lowest BCUT2D eigenvalue weighted by Gasteiger charge is -2.14. The number of carboxylic acid groups (broad SMARTS) is 1. The van der Waals surface area contributed by atoms with Crippen molar-refractivity contribution < 1.29 is 24.2 Å². The van der Waals surface area contributed by atoms with Crippen molar-refractivity contribution in [2.45, 2.75) is 38.7 Å². The molecular formula is C11H20O5. The van der Waals surface area contributed by atoms with E-state index in [2.05, 4.69) is 0 Å². The molecule has 94 valence electrons. The van der Waals surface area contributed by atoms with E-state index in [0.717, 1.165) is 19.1 Å². The molecule has 0 aromatic heterocycles. The van der Waals surface area contributed by atoms with Gasteiger partial charge in [0.2, 0.25) is 0 Å². The Morgan fingerprint density at radius 3 is 2.75 bits per heavy atom. The number of hydrogen-bond donors (Lipinski definition) is 1. The number of unbranched alkanes of at least 4 members (excludes halogenated alkanes) is 2. The van der Waals surface area contributed by atoms with E-state index in [1.807, 2.05) is 6.92 Å². The monoisotopic (exact) mass is 232 g/mol. The molecule has 0 radical (unpaired) electrons. The van der Waals surface area contributed by atoms with Gasteiger partial charge in [-0.05, 0) is 19.8 Å². The van der Waals surface area contributed by atoms with Crippen molar-refractivity contribution in [3.63, 3.8) is 0 Å². The van der Waals surface area contributed by atoms with Crippen molar-refractivity contribution >= 4 is 12.3 Å². The van der Waals surface area contributed by atoms with E-state index in [0.29, 0.717) is 26.2 Å². The summed E-state index contributed by atoms with van der Waals surface area (Å²) in [5.41, 5.74) is 0. The first-order valence-electron chi connectivity index (χ1n) is 5.55. The van der Waals surface area contributed by atoms with Gasteiger partial charge in [0, 0.05) is 19.6 Å². The van der Waals surface area contributed by atoms with E-state index < -0.39 is 5.97 Å². The van der Waals surface area contributed by atoms with E-state index in [9.17, 15) is 9.59 Å². The molecule has 1 unspecified atom stereocenters. The molecule has 0 rings (SSSR count).